The number of hydrogen-bond acceptors (Lipinski definition) is 6. The van der Waals surface area contributed by atoms with Crippen molar-refractivity contribution in [1.29, 1.82) is 5.26 Å². The molecule has 5 unspecified atom stereocenters. The zero-order valence-electron chi connectivity index (χ0n) is 18.1. The molecule has 5 rings (SSSR count). The number of rotatable bonds is 5. The molecule has 3 heterocycles. The highest BCUT2D eigenvalue weighted by atomic mass is 19.1. The van der Waals surface area contributed by atoms with Crippen molar-refractivity contribution in [1.82, 2.24) is 26.1 Å². The highest BCUT2D eigenvalue weighted by molar-refractivity contribution is 5.66. The molecule has 1 saturated carbocycles. The van der Waals surface area contributed by atoms with Gasteiger partial charge in [-0.2, -0.15) is 5.26 Å². The standard InChI is InChI=1S/C24H29FN6O/c1-2-13-10-16(32)3-4-17(13)18-5-6-19-22(21(18)25)30-31-23(19)24-28-12-20(29-24)14-9-15(7-8-26)27-11-14/h3-4,9-10,12,15,18-19,21-23,27,30-32H,2,5-7,11H2,1H3,(H,28,29)/t15-,18?,19?,21?,22?,23?/m0/s1. The maximum absolute atomic E-state index is 15.7. The van der Waals surface area contributed by atoms with E-state index in [4.69, 9.17) is 5.26 Å². The number of nitriles is 1. The van der Waals surface area contributed by atoms with Gasteiger partial charge in [-0.3, -0.25) is 5.43 Å². The normalized spacial score (nSPS) is 31.8. The molecule has 5 N–H and O–H groups in total. The number of halogens is 1. The van der Waals surface area contributed by atoms with Gasteiger partial charge in [-0.15, -0.1) is 0 Å². The van der Waals surface area contributed by atoms with Gasteiger partial charge in [0.05, 0.1) is 36.5 Å². The van der Waals surface area contributed by atoms with Gasteiger partial charge in [0.2, 0.25) is 0 Å². The Morgan fingerprint density at radius 1 is 1.28 bits per heavy atom. The van der Waals surface area contributed by atoms with E-state index in [1.54, 1.807) is 12.1 Å². The second-order valence-electron chi connectivity index (χ2n) is 9.04. The lowest BCUT2D eigenvalue weighted by Gasteiger charge is -2.36. The van der Waals surface area contributed by atoms with Crippen molar-refractivity contribution in [3.63, 3.8) is 0 Å². The lowest BCUT2D eigenvalue weighted by molar-refractivity contribution is 0.135. The molecular weight excluding hydrogens is 407 g/mol. The Hall–Kier alpha value is -2.73. The number of phenols is 1. The summed E-state index contributed by atoms with van der Waals surface area (Å²) in [6, 6.07) is 7.20. The number of benzene rings is 1. The first-order valence-electron chi connectivity index (χ1n) is 11.4. The molecule has 0 spiro atoms. The summed E-state index contributed by atoms with van der Waals surface area (Å²) < 4.78 is 15.7. The number of nitrogens with one attached hydrogen (secondary N) is 4. The largest absolute Gasteiger partial charge is 0.508 e. The van der Waals surface area contributed by atoms with Crippen molar-refractivity contribution in [3.8, 4) is 11.8 Å². The predicted molar refractivity (Wildman–Crippen MR) is 119 cm³/mol. The van der Waals surface area contributed by atoms with Crippen molar-refractivity contribution in [2.45, 2.75) is 62.8 Å². The number of alkyl halides is 1. The van der Waals surface area contributed by atoms with Crippen LogP contribution in [0.3, 0.4) is 0 Å². The Morgan fingerprint density at radius 2 is 2.16 bits per heavy atom. The van der Waals surface area contributed by atoms with Crippen LogP contribution in [0.2, 0.25) is 0 Å². The molecule has 2 aliphatic heterocycles. The fraction of sp³-hybridized carbons (Fsp3) is 0.500. The van der Waals surface area contributed by atoms with Crippen molar-refractivity contribution in [2.75, 3.05) is 6.54 Å². The van der Waals surface area contributed by atoms with E-state index in [0.29, 0.717) is 13.0 Å². The summed E-state index contributed by atoms with van der Waals surface area (Å²) in [6.45, 7) is 2.74. The average molecular weight is 437 g/mol. The zero-order chi connectivity index (χ0) is 22.2. The van der Waals surface area contributed by atoms with Crippen molar-refractivity contribution >= 4 is 5.57 Å². The van der Waals surface area contributed by atoms with E-state index in [9.17, 15) is 5.11 Å². The Kier molecular flexibility index (Phi) is 5.72. The predicted octanol–water partition coefficient (Wildman–Crippen LogP) is 3.00. The van der Waals surface area contributed by atoms with E-state index in [-0.39, 0.29) is 35.7 Å². The van der Waals surface area contributed by atoms with Crippen molar-refractivity contribution in [3.05, 3.63) is 53.1 Å². The van der Waals surface area contributed by atoms with Crippen LogP contribution in [0, 0.1) is 17.2 Å². The van der Waals surface area contributed by atoms with Crippen LogP contribution in [-0.4, -0.2) is 39.9 Å². The highest BCUT2D eigenvalue weighted by Crippen LogP contribution is 2.45. The number of imidazole rings is 1. The van der Waals surface area contributed by atoms with E-state index in [1.165, 1.54) is 0 Å². The molecule has 8 heteroatoms. The van der Waals surface area contributed by atoms with Gasteiger partial charge in [0.15, 0.2) is 0 Å². The first-order chi connectivity index (χ1) is 15.6. The molecule has 0 radical (unpaired) electrons. The van der Waals surface area contributed by atoms with E-state index >= 15 is 4.39 Å². The molecule has 32 heavy (non-hydrogen) atoms. The van der Waals surface area contributed by atoms with Gasteiger partial charge in [-0.05, 0) is 48.1 Å². The summed E-state index contributed by atoms with van der Waals surface area (Å²) in [7, 11) is 0. The van der Waals surface area contributed by atoms with Crippen LogP contribution in [0.25, 0.3) is 5.57 Å². The third-order valence-corrected chi connectivity index (χ3v) is 7.24. The molecule has 1 aromatic heterocycles. The molecule has 0 amide bonds. The third-order valence-electron chi connectivity index (χ3n) is 7.24. The number of phenolic OH excluding ortho intramolecular Hbond substituents is 1. The Morgan fingerprint density at radius 3 is 2.97 bits per heavy atom. The number of H-pyrrole nitrogens is 1. The maximum atomic E-state index is 15.7. The van der Waals surface area contributed by atoms with Crippen molar-refractivity contribution in [2.24, 2.45) is 5.92 Å². The van der Waals surface area contributed by atoms with E-state index in [2.05, 4.69) is 38.3 Å². The summed E-state index contributed by atoms with van der Waals surface area (Å²) in [5, 5.41) is 22.0. The number of aryl methyl sites for hydroxylation is 1. The van der Waals surface area contributed by atoms with Gasteiger partial charge < -0.3 is 15.4 Å². The molecule has 2 fully saturated rings. The first-order valence-corrected chi connectivity index (χ1v) is 11.4. The van der Waals surface area contributed by atoms with Crippen LogP contribution >= 0.6 is 0 Å². The Bertz CT molecular complexity index is 1060. The molecule has 1 saturated heterocycles. The summed E-state index contributed by atoms with van der Waals surface area (Å²) >= 11 is 0. The summed E-state index contributed by atoms with van der Waals surface area (Å²) in [4.78, 5) is 8.02. The molecular formula is C24H29FN6O. The molecule has 2 aromatic rings. The number of nitrogens with zero attached hydrogens (tertiary/aromatic N) is 2. The van der Waals surface area contributed by atoms with Gasteiger partial charge >= 0.3 is 0 Å². The van der Waals surface area contributed by atoms with E-state index in [1.807, 2.05) is 19.2 Å². The monoisotopic (exact) mass is 436 g/mol. The van der Waals surface area contributed by atoms with Gasteiger partial charge in [-0.25, -0.2) is 14.8 Å². The van der Waals surface area contributed by atoms with E-state index < -0.39 is 6.17 Å². The van der Waals surface area contributed by atoms with Gasteiger partial charge in [0.1, 0.15) is 17.7 Å². The minimum absolute atomic E-state index is 0.0767. The quantitative estimate of drug-likeness (QED) is 0.493. The zero-order valence-corrected chi connectivity index (χ0v) is 18.1. The molecule has 1 aliphatic carbocycles. The van der Waals surface area contributed by atoms with Gasteiger partial charge in [0, 0.05) is 24.4 Å². The molecule has 168 valence electrons. The molecule has 1 aromatic carbocycles. The highest BCUT2D eigenvalue weighted by Gasteiger charge is 2.48. The molecule has 0 bridgehead atoms. The van der Waals surface area contributed by atoms with Crippen LogP contribution in [0.5, 0.6) is 5.75 Å². The number of hydrazine groups is 1. The fourth-order valence-corrected chi connectivity index (χ4v) is 5.58. The number of hydrogen-bond donors (Lipinski definition) is 5. The molecule has 7 nitrogen and oxygen atoms in total. The smallest absolute Gasteiger partial charge is 0.125 e. The average Bonchev–Trinajstić information content (AvgIpc) is 3.53. The minimum Gasteiger partial charge on any atom is -0.508 e. The SMILES string of the molecule is CCc1cc(O)ccc1C1CCC2C(c3ncc(C4=C[C@H](CC#N)NC4)[nH]3)NNC2C1F. The fourth-order valence-electron chi connectivity index (χ4n) is 5.58. The summed E-state index contributed by atoms with van der Waals surface area (Å²) in [5.41, 5.74) is 10.6. The summed E-state index contributed by atoms with van der Waals surface area (Å²) in [5.74, 6) is 0.966. The number of fused-ring (bicyclic) bond motifs is 1. The van der Waals surface area contributed by atoms with Crippen LogP contribution in [0.15, 0.2) is 30.5 Å². The van der Waals surface area contributed by atoms with Crippen LogP contribution < -0.4 is 16.2 Å². The Balaban J connectivity index is 1.32. The lowest BCUT2D eigenvalue weighted by atomic mass is 9.71. The molecule has 6 atom stereocenters. The number of aromatic amines is 1. The van der Waals surface area contributed by atoms with Gasteiger partial charge in [-0.1, -0.05) is 19.1 Å². The topological polar surface area (TPSA) is 109 Å². The van der Waals surface area contributed by atoms with Crippen molar-refractivity contribution < 1.29 is 9.50 Å². The first kappa shape index (κ1) is 21.1. The Labute approximate surface area is 187 Å². The van der Waals surface area contributed by atoms with Crippen LogP contribution in [0.1, 0.15) is 60.8 Å². The second-order valence-corrected chi connectivity index (χ2v) is 9.04. The van der Waals surface area contributed by atoms with Gasteiger partial charge in [0.25, 0.3) is 0 Å². The second kappa shape index (κ2) is 8.66. The van der Waals surface area contributed by atoms with Crippen LogP contribution in [-0.2, 0) is 6.42 Å². The summed E-state index contributed by atoms with van der Waals surface area (Å²) in [6.07, 6.45) is 5.74. The molecule has 3 aliphatic rings. The minimum atomic E-state index is -1.02. The van der Waals surface area contributed by atoms with Crippen LogP contribution in [0.4, 0.5) is 4.39 Å². The number of aromatic hydroxyl groups is 1. The maximum Gasteiger partial charge on any atom is 0.125 e. The number of aromatic nitrogens is 2. The lowest BCUT2D eigenvalue weighted by Crippen LogP contribution is -2.45. The van der Waals surface area contributed by atoms with E-state index in [0.717, 1.165) is 47.5 Å². The third kappa shape index (κ3) is 3.71.